The van der Waals surface area contributed by atoms with Crippen molar-refractivity contribution >= 4 is 14.2 Å². The van der Waals surface area contributed by atoms with Gasteiger partial charge in [0.25, 0.3) is 0 Å². The molecular weight excluding hydrogens is 115 g/mol. The van der Waals surface area contributed by atoms with Crippen LogP contribution in [0.4, 0.5) is 0 Å². The van der Waals surface area contributed by atoms with Crippen LogP contribution in [0.5, 0.6) is 0 Å². The molecular formula is C6H15BO2. The molecule has 0 amide bonds. The highest BCUT2D eigenvalue weighted by atomic mass is 16.1. The highest BCUT2D eigenvalue weighted by Gasteiger charge is 2.05. The van der Waals surface area contributed by atoms with E-state index in [0.717, 1.165) is 25.7 Å². The van der Waals surface area contributed by atoms with Gasteiger partial charge < -0.3 is 5.48 Å². The van der Waals surface area contributed by atoms with Crippen molar-refractivity contribution in [2.45, 2.75) is 32.1 Å². The Hall–Kier alpha value is -0.305. The van der Waals surface area contributed by atoms with Crippen LogP contribution in [0.15, 0.2) is 0 Å². The Kier molecular flexibility index (Phi) is 7.43. The van der Waals surface area contributed by atoms with E-state index in [0.29, 0.717) is 5.78 Å². The van der Waals surface area contributed by atoms with Crippen molar-refractivity contribution in [3.8, 4) is 0 Å². The predicted molar refractivity (Wildman–Crippen MR) is 41.6 cm³/mol. The lowest BCUT2D eigenvalue weighted by molar-refractivity contribution is -0.120. The first kappa shape index (κ1) is 11.5. The molecule has 0 atom stereocenters. The fraction of sp³-hybridized carbons (Fsp3) is 0.833. The average Bonchev–Trinajstić information content (AvgIpc) is 1.69. The average molecular weight is 130 g/mol. The Morgan fingerprint density at radius 3 is 1.67 bits per heavy atom. The third kappa shape index (κ3) is 4.21. The summed E-state index contributed by atoms with van der Waals surface area (Å²) in [6.07, 6.45) is 5.24. The second kappa shape index (κ2) is 5.82. The van der Waals surface area contributed by atoms with Gasteiger partial charge in [0.15, 0.2) is 0 Å². The number of hydrogen-bond donors (Lipinski definition) is 0. The molecule has 1 aliphatic carbocycles. The van der Waals surface area contributed by atoms with Gasteiger partial charge in [-0.2, -0.15) is 0 Å². The molecule has 3 heteroatoms. The maximum Gasteiger partial charge on any atom is 0.132 e. The molecule has 1 aliphatic rings. The van der Waals surface area contributed by atoms with Gasteiger partial charge in [0.05, 0.1) is 8.41 Å². The Morgan fingerprint density at radius 1 is 1.00 bits per heavy atom. The van der Waals surface area contributed by atoms with Crippen molar-refractivity contribution < 1.29 is 10.3 Å². The lowest BCUT2D eigenvalue weighted by Gasteiger charge is -2.05. The Balaban J connectivity index is 0. The Morgan fingerprint density at radius 2 is 1.44 bits per heavy atom. The number of rotatable bonds is 0. The molecule has 0 bridgehead atoms. The SMILES string of the molecule is B.O.O=C1CCCCC1. The highest BCUT2D eigenvalue weighted by molar-refractivity contribution is 5.78. The lowest BCUT2D eigenvalue weighted by Crippen LogP contribution is -2.02. The summed E-state index contributed by atoms with van der Waals surface area (Å²) in [7, 11) is 0. The molecule has 2 N–H and O–H groups in total. The van der Waals surface area contributed by atoms with Crippen molar-refractivity contribution in [1.82, 2.24) is 0 Å². The van der Waals surface area contributed by atoms with Gasteiger partial charge >= 0.3 is 0 Å². The number of hydrogen-bond acceptors (Lipinski definition) is 1. The third-order valence-corrected chi connectivity index (χ3v) is 1.41. The van der Waals surface area contributed by atoms with Crippen LogP contribution in [0.3, 0.4) is 0 Å². The molecule has 9 heavy (non-hydrogen) atoms. The van der Waals surface area contributed by atoms with Crippen LogP contribution in [0.1, 0.15) is 32.1 Å². The van der Waals surface area contributed by atoms with Crippen molar-refractivity contribution in [2.24, 2.45) is 0 Å². The number of ketones is 1. The van der Waals surface area contributed by atoms with Crippen LogP contribution in [-0.2, 0) is 4.79 Å². The zero-order chi connectivity index (χ0) is 5.11. The minimum Gasteiger partial charge on any atom is -0.412 e. The van der Waals surface area contributed by atoms with Gasteiger partial charge in [-0.05, 0) is 12.8 Å². The van der Waals surface area contributed by atoms with E-state index in [4.69, 9.17) is 0 Å². The normalized spacial score (nSPS) is 17.6. The smallest absolute Gasteiger partial charge is 0.132 e. The van der Waals surface area contributed by atoms with E-state index in [9.17, 15) is 4.79 Å². The summed E-state index contributed by atoms with van der Waals surface area (Å²) in [5, 5.41) is 0. The second-order valence-corrected chi connectivity index (χ2v) is 2.10. The number of carbonyl (C=O) groups excluding carboxylic acids is 1. The quantitative estimate of drug-likeness (QED) is 0.408. The van der Waals surface area contributed by atoms with Crippen LogP contribution in [0.2, 0.25) is 0 Å². The standard InChI is InChI=1S/C6H10O.BH3.H2O/c7-6-4-2-1-3-5-6;;/h1-5H2;1H3;1H2. The molecule has 0 saturated heterocycles. The molecule has 1 saturated carbocycles. The van der Waals surface area contributed by atoms with Crippen molar-refractivity contribution in [1.29, 1.82) is 0 Å². The van der Waals surface area contributed by atoms with E-state index in [-0.39, 0.29) is 13.9 Å². The van der Waals surface area contributed by atoms with Crippen molar-refractivity contribution in [3.05, 3.63) is 0 Å². The first-order valence-electron chi connectivity index (χ1n) is 2.91. The predicted octanol–water partition coefficient (Wildman–Crippen LogP) is -0.489. The van der Waals surface area contributed by atoms with Crippen LogP contribution in [0, 0.1) is 0 Å². The monoisotopic (exact) mass is 130 g/mol. The zero-order valence-corrected chi connectivity index (χ0v) is 4.94. The van der Waals surface area contributed by atoms with Crippen LogP contribution < -0.4 is 0 Å². The lowest BCUT2D eigenvalue weighted by atomic mass is 10.00. The maximum absolute atomic E-state index is 10.5. The minimum absolute atomic E-state index is 0. The number of carbonyl (C=O) groups is 1. The second-order valence-electron chi connectivity index (χ2n) is 2.10. The van der Waals surface area contributed by atoms with Gasteiger partial charge in [-0.15, -0.1) is 0 Å². The maximum atomic E-state index is 10.5. The first-order valence-corrected chi connectivity index (χ1v) is 2.91. The molecule has 0 radical (unpaired) electrons. The Labute approximate surface area is 57.5 Å². The van der Waals surface area contributed by atoms with Gasteiger partial charge in [0.1, 0.15) is 5.78 Å². The molecule has 0 aromatic rings. The topological polar surface area (TPSA) is 48.6 Å². The fourth-order valence-electron chi connectivity index (χ4n) is 0.946. The molecule has 0 heterocycles. The molecule has 54 valence electrons. The largest absolute Gasteiger partial charge is 0.412 e. The van der Waals surface area contributed by atoms with E-state index < -0.39 is 0 Å². The highest BCUT2D eigenvalue weighted by Crippen LogP contribution is 2.12. The molecule has 0 aliphatic heterocycles. The van der Waals surface area contributed by atoms with Crippen molar-refractivity contribution in [3.63, 3.8) is 0 Å². The Bertz CT molecular complexity index is 75.1. The van der Waals surface area contributed by atoms with Crippen LogP contribution in [0.25, 0.3) is 0 Å². The summed E-state index contributed by atoms with van der Waals surface area (Å²) >= 11 is 0. The summed E-state index contributed by atoms with van der Waals surface area (Å²) in [5.41, 5.74) is 0. The molecule has 2 nitrogen and oxygen atoms in total. The van der Waals surface area contributed by atoms with E-state index >= 15 is 0 Å². The van der Waals surface area contributed by atoms with E-state index in [1.54, 1.807) is 0 Å². The molecule has 1 fully saturated rings. The third-order valence-electron chi connectivity index (χ3n) is 1.41. The molecule has 0 aromatic carbocycles. The van der Waals surface area contributed by atoms with E-state index in [1.165, 1.54) is 6.42 Å². The zero-order valence-electron chi connectivity index (χ0n) is 4.94. The van der Waals surface area contributed by atoms with Crippen molar-refractivity contribution in [2.75, 3.05) is 0 Å². The molecule has 1 rings (SSSR count). The number of Topliss-reactive ketones (excluding diaryl/α,β-unsaturated/α-hetero) is 1. The summed E-state index contributed by atoms with van der Waals surface area (Å²) in [6.45, 7) is 0. The molecule has 0 unspecified atom stereocenters. The van der Waals surface area contributed by atoms with Gasteiger partial charge in [0, 0.05) is 12.8 Å². The summed E-state index contributed by atoms with van der Waals surface area (Å²) in [4.78, 5) is 10.5. The van der Waals surface area contributed by atoms with Gasteiger partial charge in [0.2, 0.25) is 0 Å². The van der Waals surface area contributed by atoms with Gasteiger partial charge in [-0.1, -0.05) is 6.42 Å². The van der Waals surface area contributed by atoms with E-state index in [2.05, 4.69) is 0 Å². The van der Waals surface area contributed by atoms with Gasteiger partial charge in [-0.25, -0.2) is 0 Å². The minimum atomic E-state index is 0. The molecule has 0 spiro atoms. The summed E-state index contributed by atoms with van der Waals surface area (Å²) in [5.74, 6) is 0.464. The summed E-state index contributed by atoms with van der Waals surface area (Å²) < 4.78 is 0. The first-order chi connectivity index (χ1) is 3.39. The van der Waals surface area contributed by atoms with Gasteiger partial charge in [-0.3, -0.25) is 4.79 Å². The fourth-order valence-corrected chi connectivity index (χ4v) is 0.946. The van der Waals surface area contributed by atoms with E-state index in [1.807, 2.05) is 0 Å². The van der Waals surface area contributed by atoms with Crippen LogP contribution in [-0.4, -0.2) is 19.7 Å². The molecule has 0 aromatic heterocycles. The van der Waals surface area contributed by atoms with Crippen LogP contribution >= 0.6 is 0 Å². The summed E-state index contributed by atoms with van der Waals surface area (Å²) in [6, 6.07) is 0.